The van der Waals surface area contributed by atoms with Crippen molar-refractivity contribution in [3.05, 3.63) is 24.8 Å². The first-order valence-electron chi connectivity index (χ1n) is 8.72. The lowest BCUT2D eigenvalue weighted by molar-refractivity contribution is -0.146. The maximum atomic E-state index is 11.1. The fraction of sp³-hybridized carbons (Fsp3) is 0.684. The van der Waals surface area contributed by atoms with Crippen molar-refractivity contribution in [2.45, 2.75) is 83.3 Å². The molecule has 0 aliphatic heterocycles. The standard InChI is InChI=1S/C10H16O2.C9H14O2/c1-8(2)10(11)12-9-6-4-3-5-7-9;1-2-9(10)11-8-6-4-3-5-7-8/h9H,1,3-7H2,2H3;2,8H,1,3-7H2. The molecule has 0 saturated heterocycles. The first-order valence-corrected chi connectivity index (χ1v) is 8.72. The zero-order valence-corrected chi connectivity index (χ0v) is 14.4. The Morgan fingerprint density at radius 2 is 1.30 bits per heavy atom. The SMILES string of the molecule is C=C(C)C(=O)OC1CCCCC1.C=CC(=O)OC1CCCCC1. The molecule has 2 saturated carbocycles. The van der Waals surface area contributed by atoms with Crippen LogP contribution in [0, 0.1) is 0 Å². The summed E-state index contributed by atoms with van der Waals surface area (Å²) in [6, 6.07) is 0. The van der Waals surface area contributed by atoms with E-state index in [1.165, 1.54) is 44.6 Å². The Morgan fingerprint density at radius 1 is 0.870 bits per heavy atom. The van der Waals surface area contributed by atoms with Crippen LogP contribution in [-0.4, -0.2) is 24.1 Å². The van der Waals surface area contributed by atoms with E-state index >= 15 is 0 Å². The van der Waals surface area contributed by atoms with Gasteiger partial charge in [0.15, 0.2) is 0 Å². The summed E-state index contributed by atoms with van der Waals surface area (Å²) >= 11 is 0. The zero-order valence-electron chi connectivity index (χ0n) is 14.4. The molecule has 4 heteroatoms. The second-order valence-corrected chi connectivity index (χ2v) is 6.35. The summed E-state index contributed by atoms with van der Waals surface area (Å²) < 4.78 is 10.3. The molecule has 0 radical (unpaired) electrons. The summed E-state index contributed by atoms with van der Waals surface area (Å²) in [5.41, 5.74) is 0.501. The molecule has 2 fully saturated rings. The van der Waals surface area contributed by atoms with Gasteiger partial charge in [-0.3, -0.25) is 0 Å². The van der Waals surface area contributed by atoms with Gasteiger partial charge in [0.2, 0.25) is 0 Å². The highest BCUT2D eigenvalue weighted by atomic mass is 16.5. The van der Waals surface area contributed by atoms with Crippen molar-refractivity contribution in [2.24, 2.45) is 0 Å². The molecule has 0 aromatic heterocycles. The van der Waals surface area contributed by atoms with Crippen LogP contribution >= 0.6 is 0 Å². The maximum absolute atomic E-state index is 11.1. The Bertz CT molecular complexity index is 402. The first-order chi connectivity index (χ1) is 11.0. The highest BCUT2D eigenvalue weighted by Crippen LogP contribution is 2.21. The van der Waals surface area contributed by atoms with Gasteiger partial charge in [-0.15, -0.1) is 0 Å². The Balaban J connectivity index is 0.000000231. The molecule has 4 nitrogen and oxygen atoms in total. The second-order valence-electron chi connectivity index (χ2n) is 6.35. The van der Waals surface area contributed by atoms with Gasteiger partial charge in [-0.05, 0) is 58.3 Å². The van der Waals surface area contributed by atoms with Crippen LogP contribution in [0.15, 0.2) is 24.8 Å². The van der Waals surface area contributed by atoms with Crippen molar-refractivity contribution in [3.8, 4) is 0 Å². The summed E-state index contributed by atoms with van der Waals surface area (Å²) in [6.45, 7) is 8.58. The van der Waals surface area contributed by atoms with Crippen LogP contribution in [0.5, 0.6) is 0 Å². The van der Waals surface area contributed by atoms with Crippen LogP contribution in [0.4, 0.5) is 0 Å². The van der Waals surface area contributed by atoms with E-state index in [9.17, 15) is 9.59 Å². The fourth-order valence-electron chi connectivity index (χ4n) is 2.83. The Morgan fingerprint density at radius 3 is 1.70 bits per heavy atom. The average molecular weight is 322 g/mol. The molecule has 2 aliphatic carbocycles. The first kappa shape index (κ1) is 19.5. The molecule has 0 heterocycles. The van der Waals surface area contributed by atoms with Gasteiger partial charge in [0.05, 0.1) is 0 Å². The Kier molecular flexibility index (Phi) is 9.34. The molecule has 0 unspecified atom stereocenters. The highest BCUT2D eigenvalue weighted by molar-refractivity contribution is 5.87. The molecular weight excluding hydrogens is 292 g/mol. The number of ether oxygens (including phenoxy) is 2. The van der Waals surface area contributed by atoms with Gasteiger partial charge >= 0.3 is 11.9 Å². The smallest absolute Gasteiger partial charge is 0.333 e. The number of hydrogen-bond donors (Lipinski definition) is 0. The topological polar surface area (TPSA) is 52.6 Å². The molecule has 0 atom stereocenters. The fourth-order valence-corrected chi connectivity index (χ4v) is 2.83. The summed E-state index contributed by atoms with van der Waals surface area (Å²) in [6.07, 6.45) is 13.0. The minimum atomic E-state index is -0.281. The minimum absolute atomic E-state index is 0.156. The summed E-state index contributed by atoms with van der Waals surface area (Å²) in [7, 11) is 0. The molecule has 130 valence electrons. The normalized spacial score (nSPS) is 19.0. The third-order valence-corrected chi connectivity index (χ3v) is 4.18. The maximum Gasteiger partial charge on any atom is 0.333 e. The van der Waals surface area contributed by atoms with E-state index in [2.05, 4.69) is 13.2 Å². The number of hydrogen-bond acceptors (Lipinski definition) is 4. The quantitative estimate of drug-likeness (QED) is 0.565. The number of carbonyl (C=O) groups excluding carboxylic acids is 2. The predicted molar refractivity (Wildman–Crippen MR) is 90.9 cm³/mol. The molecule has 0 aromatic rings. The lowest BCUT2D eigenvalue weighted by Crippen LogP contribution is -2.20. The average Bonchev–Trinajstić information content (AvgIpc) is 2.57. The molecule has 0 spiro atoms. The van der Waals surface area contributed by atoms with Crippen LogP contribution < -0.4 is 0 Å². The third kappa shape index (κ3) is 8.58. The number of esters is 2. The van der Waals surface area contributed by atoms with Crippen LogP contribution in [0.1, 0.15) is 71.1 Å². The van der Waals surface area contributed by atoms with Crippen molar-refractivity contribution in [2.75, 3.05) is 0 Å². The van der Waals surface area contributed by atoms with E-state index in [1.807, 2.05) is 0 Å². The lowest BCUT2D eigenvalue weighted by atomic mass is 9.98. The lowest BCUT2D eigenvalue weighted by Gasteiger charge is -2.21. The van der Waals surface area contributed by atoms with E-state index in [0.29, 0.717) is 5.57 Å². The summed E-state index contributed by atoms with van der Waals surface area (Å²) in [4.78, 5) is 21.8. The van der Waals surface area contributed by atoms with Crippen molar-refractivity contribution < 1.29 is 19.1 Å². The van der Waals surface area contributed by atoms with Gasteiger partial charge in [0.1, 0.15) is 12.2 Å². The van der Waals surface area contributed by atoms with Crippen LogP contribution in [0.3, 0.4) is 0 Å². The largest absolute Gasteiger partial charge is 0.459 e. The van der Waals surface area contributed by atoms with Crippen LogP contribution in [0.2, 0.25) is 0 Å². The molecule has 2 aliphatic rings. The third-order valence-electron chi connectivity index (χ3n) is 4.18. The molecule has 0 amide bonds. The molecule has 23 heavy (non-hydrogen) atoms. The van der Waals surface area contributed by atoms with Crippen molar-refractivity contribution in [3.63, 3.8) is 0 Å². The van der Waals surface area contributed by atoms with E-state index in [0.717, 1.165) is 25.7 Å². The molecule has 0 aromatic carbocycles. The monoisotopic (exact) mass is 322 g/mol. The van der Waals surface area contributed by atoms with Gasteiger partial charge in [-0.1, -0.05) is 26.0 Å². The van der Waals surface area contributed by atoms with Gasteiger partial charge in [-0.25, -0.2) is 9.59 Å². The molecular formula is C19H30O4. The minimum Gasteiger partial charge on any atom is -0.459 e. The van der Waals surface area contributed by atoms with Crippen molar-refractivity contribution >= 4 is 11.9 Å². The Hall–Kier alpha value is -1.58. The second kappa shape index (κ2) is 11.0. The van der Waals surface area contributed by atoms with Gasteiger partial charge < -0.3 is 9.47 Å². The van der Waals surface area contributed by atoms with Crippen LogP contribution in [-0.2, 0) is 19.1 Å². The molecule has 0 bridgehead atoms. The van der Waals surface area contributed by atoms with E-state index in [1.54, 1.807) is 6.92 Å². The van der Waals surface area contributed by atoms with E-state index in [-0.39, 0.29) is 24.1 Å². The van der Waals surface area contributed by atoms with E-state index in [4.69, 9.17) is 9.47 Å². The van der Waals surface area contributed by atoms with Gasteiger partial charge in [0, 0.05) is 11.6 Å². The Labute approximate surface area is 139 Å². The molecule has 2 rings (SSSR count). The van der Waals surface area contributed by atoms with E-state index < -0.39 is 0 Å². The number of carbonyl (C=O) groups is 2. The number of rotatable bonds is 4. The predicted octanol–water partition coefficient (Wildman–Crippen LogP) is 4.49. The zero-order chi connectivity index (χ0) is 17.1. The van der Waals surface area contributed by atoms with Crippen molar-refractivity contribution in [1.29, 1.82) is 0 Å². The van der Waals surface area contributed by atoms with Gasteiger partial charge in [-0.2, -0.15) is 0 Å². The van der Waals surface area contributed by atoms with Crippen LogP contribution in [0.25, 0.3) is 0 Å². The van der Waals surface area contributed by atoms with Gasteiger partial charge in [0.25, 0.3) is 0 Å². The van der Waals surface area contributed by atoms with Crippen molar-refractivity contribution in [1.82, 2.24) is 0 Å². The molecule has 0 N–H and O–H groups in total. The highest BCUT2D eigenvalue weighted by Gasteiger charge is 2.17. The summed E-state index contributed by atoms with van der Waals surface area (Å²) in [5.74, 6) is -0.515. The summed E-state index contributed by atoms with van der Waals surface area (Å²) in [5, 5.41) is 0.